The number of ether oxygens (including phenoxy) is 1. The average Bonchev–Trinajstić information content (AvgIpc) is 2.66. The highest BCUT2D eigenvalue weighted by molar-refractivity contribution is 6.34. The third-order valence-electron chi connectivity index (χ3n) is 3.94. The minimum Gasteiger partial charge on any atom is -0.497 e. The summed E-state index contributed by atoms with van der Waals surface area (Å²) in [6.07, 6.45) is 0.661. The number of carbonyl (C=O) groups is 2. The highest BCUT2D eigenvalue weighted by Gasteiger charge is 2.20. The predicted octanol–water partition coefficient (Wildman–Crippen LogP) is 2.40. The molecule has 0 aromatic heterocycles. The molecule has 0 atom stereocenters. The summed E-state index contributed by atoms with van der Waals surface area (Å²) in [6, 6.07) is 17.3. The van der Waals surface area contributed by atoms with E-state index in [-0.39, 0.29) is 0 Å². The molecule has 2 rings (SSSR count). The molecule has 1 N–H and O–H groups in total. The Morgan fingerprint density at radius 1 is 1.00 bits per heavy atom. The number of hydrogen-bond acceptors (Lipinski definition) is 3. The molecule has 2 amide bonds. The molecule has 0 radical (unpaired) electrons. The van der Waals surface area contributed by atoms with Gasteiger partial charge in [-0.15, -0.1) is 0 Å². The summed E-state index contributed by atoms with van der Waals surface area (Å²) in [5, 5.41) is 2.70. The first-order chi connectivity index (χ1) is 12.1. The van der Waals surface area contributed by atoms with E-state index >= 15 is 0 Å². The highest BCUT2D eigenvalue weighted by Crippen LogP contribution is 2.11. The van der Waals surface area contributed by atoms with Gasteiger partial charge in [0, 0.05) is 19.6 Å². The lowest BCUT2D eigenvalue weighted by Crippen LogP contribution is -2.43. The summed E-state index contributed by atoms with van der Waals surface area (Å²) >= 11 is 0. The van der Waals surface area contributed by atoms with Gasteiger partial charge in [-0.1, -0.05) is 42.5 Å². The molecule has 0 saturated carbocycles. The summed E-state index contributed by atoms with van der Waals surface area (Å²) in [5.74, 6) is -0.269. The Kier molecular flexibility index (Phi) is 7.01. The van der Waals surface area contributed by atoms with Gasteiger partial charge in [0.25, 0.3) is 0 Å². The lowest BCUT2D eigenvalue weighted by molar-refractivity contribution is -0.146. The molecule has 5 nitrogen and oxygen atoms in total. The molecule has 0 heterocycles. The predicted molar refractivity (Wildman–Crippen MR) is 97.2 cm³/mol. The molecule has 2 aromatic rings. The maximum absolute atomic E-state index is 12.3. The van der Waals surface area contributed by atoms with Crippen molar-refractivity contribution in [1.29, 1.82) is 0 Å². The molecule has 0 fully saturated rings. The summed E-state index contributed by atoms with van der Waals surface area (Å²) in [5.41, 5.74) is 2.08. The Balaban J connectivity index is 1.82. The van der Waals surface area contributed by atoms with Gasteiger partial charge >= 0.3 is 11.8 Å². The molecule has 0 unspecified atom stereocenters. The second-order valence-electron chi connectivity index (χ2n) is 5.66. The molecular formula is C20H24N2O3. The van der Waals surface area contributed by atoms with Crippen molar-refractivity contribution in [3.8, 4) is 5.75 Å². The molecule has 0 aliphatic heterocycles. The van der Waals surface area contributed by atoms with Crippen LogP contribution in [0.4, 0.5) is 0 Å². The van der Waals surface area contributed by atoms with Crippen molar-refractivity contribution in [2.45, 2.75) is 19.9 Å². The van der Waals surface area contributed by atoms with Crippen LogP contribution in [0.3, 0.4) is 0 Å². The van der Waals surface area contributed by atoms with Crippen LogP contribution < -0.4 is 10.1 Å². The van der Waals surface area contributed by atoms with Gasteiger partial charge in [0.2, 0.25) is 0 Å². The molecule has 0 bridgehead atoms. The first kappa shape index (κ1) is 18.5. The Labute approximate surface area is 148 Å². The number of nitrogens with zero attached hydrogens (tertiary/aromatic N) is 1. The highest BCUT2D eigenvalue weighted by atomic mass is 16.5. The first-order valence-electron chi connectivity index (χ1n) is 8.38. The van der Waals surface area contributed by atoms with E-state index in [9.17, 15) is 9.59 Å². The number of methoxy groups -OCH3 is 1. The smallest absolute Gasteiger partial charge is 0.312 e. The fourth-order valence-corrected chi connectivity index (χ4v) is 2.46. The van der Waals surface area contributed by atoms with Crippen LogP contribution >= 0.6 is 0 Å². The van der Waals surface area contributed by atoms with E-state index in [4.69, 9.17) is 4.74 Å². The minimum atomic E-state index is -0.564. The van der Waals surface area contributed by atoms with Gasteiger partial charge in [0.1, 0.15) is 5.75 Å². The Hall–Kier alpha value is -2.82. The van der Waals surface area contributed by atoms with Gasteiger partial charge in [-0.3, -0.25) is 9.59 Å². The van der Waals surface area contributed by atoms with E-state index < -0.39 is 11.8 Å². The van der Waals surface area contributed by atoms with Gasteiger partial charge in [0.15, 0.2) is 0 Å². The molecular weight excluding hydrogens is 316 g/mol. The van der Waals surface area contributed by atoms with Crippen LogP contribution in [-0.2, 0) is 22.6 Å². The van der Waals surface area contributed by atoms with Crippen LogP contribution in [0.2, 0.25) is 0 Å². The Morgan fingerprint density at radius 3 is 2.28 bits per heavy atom. The lowest BCUT2D eigenvalue weighted by atomic mass is 10.1. The number of rotatable bonds is 7. The maximum atomic E-state index is 12.3. The Bertz CT molecular complexity index is 684. The molecule has 2 aromatic carbocycles. The zero-order valence-corrected chi connectivity index (χ0v) is 14.7. The molecule has 5 heteroatoms. The third kappa shape index (κ3) is 5.64. The zero-order valence-electron chi connectivity index (χ0n) is 14.7. The van der Waals surface area contributed by atoms with Gasteiger partial charge in [-0.25, -0.2) is 0 Å². The van der Waals surface area contributed by atoms with Crippen LogP contribution in [-0.4, -0.2) is 36.9 Å². The van der Waals surface area contributed by atoms with Crippen molar-refractivity contribution in [3.63, 3.8) is 0 Å². The number of likely N-dealkylation sites (N-methyl/N-ethyl adjacent to an activating group) is 1. The van der Waals surface area contributed by atoms with Crippen LogP contribution in [0, 0.1) is 0 Å². The van der Waals surface area contributed by atoms with Gasteiger partial charge < -0.3 is 15.0 Å². The fraction of sp³-hybridized carbons (Fsp3) is 0.300. The number of nitrogens with one attached hydrogen (secondary N) is 1. The molecule has 25 heavy (non-hydrogen) atoms. The van der Waals surface area contributed by atoms with Crippen LogP contribution in [0.15, 0.2) is 54.6 Å². The molecule has 0 aliphatic carbocycles. The maximum Gasteiger partial charge on any atom is 0.312 e. The standard InChI is InChI=1S/C20H24N2O3/c1-3-22(15-17-7-5-4-6-8-17)20(24)19(23)21-14-13-16-9-11-18(25-2)12-10-16/h4-12H,3,13-15H2,1-2H3,(H,21,23). The normalized spacial score (nSPS) is 10.2. The first-order valence-corrected chi connectivity index (χ1v) is 8.38. The van der Waals surface area contributed by atoms with Crippen molar-refractivity contribution in [1.82, 2.24) is 10.2 Å². The average molecular weight is 340 g/mol. The van der Waals surface area contributed by atoms with E-state index in [2.05, 4.69) is 5.32 Å². The van der Waals surface area contributed by atoms with E-state index in [1.165, 1.54) is 4.90 Å². The van der Waals surface area contributed by atoms with E-state index in [0.717, 1.165) is 16.9 Å². The van der Waals surface area contributed by atoms with Gasteiger partial charge in [-0.2, -0.15) is 0 Å². The zero-order chi connectivity index (χ0) is 18.1. The summed E-state index contributed by atoms with van der Waals surface area (Å²) < 4.78 is 5.11. The van der Waals surface area contributed by atoms with E-state index in [1.54, 1.807) is 7.11 Å². The quantitative estimate of drug-likeness (QED) is 0.788. The molecule has 132 valence electrons. The van der Waals surface area contributed by atoms with Crippen molar-refractivity contribution < 1.29 is 14.3 Å². The van der Waals surface area contributed by atoms with Crippen LogP contribution in [0.1, 0.15) is 18.1 Å². The van der Waals surface area contributed by atoms with Gasteiger partial charge in [0.05, 0.1) is 7.11 Å². The van der Waals surface area contributed by atoms with Crippen LogP contribution in [0.5, 0.6) is 5.75 Å². The van der Waals surface area contributed by atoms with E-state index in [0.29, 0.717) is 26.1 Å². The lowest BCUT2D eigenvalue weighted by Gasteiger charge is -2.20. The monoisotopic (exact) mass is 340 g/mol. The summed E-state index contributed by atoms with van der Waals surface area (Å²) in [4.78, 5) is 25.9. The van der Waals surface area contributed by atoms with Crippen molar-refractivity contribution in [2.24, 2.45) is 0 Å². The third-order valence-corrected chi connectivity index (χ3v) is 3.94. The van der Waals surface area contributed by atoms with Crippen LogP contribution in [0.25, 0.3) is 0 Å². The molecule has 0 spiro atoms. The SMILES string of the molecule is CCN(Cc1ccccc1)C(=O)C(=O)NCCc1ccc(OC)cc1. The number of carbonyl (C=O) groups excluding carboxylic acids is 2. The van der Waals surface area contributed by atoms with Crippen molar-refractivity contribution in [3.05, 3.63) is 65.7 Å². The minimum absolute atomic E-state index is 0.416. The fourth-order valence-electron chi connectivity index (χ4n) is 2.46. The second kappa shape index (κ2) is 9.47. The second-order valence-corrected chi connectivity index (χ2v) is 5.66. The summed E-state index contributed by atoms with van der Waals surface area (Å²) in [6.45, 7) is 3.20. The molecule has 0 saturated heterocycles. The largest absolute Gasteiger partial charge is 0.497 e. The van der Waals surface area contributed by atoms with Crippen molar-refractivity contribution >= 4 is 11.8 Å². The number of amides is 2. The van der Waals surface area contributed by atoms with Gasteiger partial charge in [-0.05, 0) is 36.6 Å². The molecule has 0 aliphatic rings. The van der Waals surface area contributed by atoms with E-state index in [1.807, 2.05) is 61.5 Å². The van der Waals surface area contributed by atoms with Crippen molar-refractivity contribution in [2.75, 3.05) is 20.2 Å². The summed E-state index contributed by atoms with van der Waals surface area (Å²) in [7, 11) is 1.62. The Morgan fingerprint density at radius 2 is 1.68 bits per heavy atom. The number of benzene rings is 2. The number of hydrogen-bond donors (Lipinski definition) is 1. The topological polar surface area (TPSA) is 58.6 Å².